The van der Waals surface area contributed by atoms with Crippen molar-refractivity contribution in [1.82, 2.24) is 9.55 Å². The Morgan fingerprint density at radius 2 is 2.00 bits per heavy atom. The number of carbonyl (C=O) groups is 1. The Morgan fingerprint density at radius 3 is 2.67 bits per heavy atom. The summed E-state index contributed by atoms with van der Waals surface area (Å²) < 4.78 is 6.96. The van der Waals surface area contributed by atoms with Gasteiger partial charge in [0.05, 0.1) is 23.5 Å². The van der Waals surface area contributed by atoms with Crippen molar-refractivity contribution in [1.29, 1.82) is 0 Å². The highest BCUT2D eigenvalue weighted by Crippen LogP contribution is 2.18. The van der Waals surface area contributed by atoms with Crippen LogP contribution in [0.5, 0.6) is 0 Å². The van der Waals surface area contributed by atoms with Gasteiger partial charge in [0, 0.05) is 0 Å². The highest BCUT2D eigenvalue weighted by molar-refractivity contribution is 5.79. The van der Waals surface area contributed by atoms with E-state index in [2.05, 4.69) is 24.9 Å². The van der Waals surface area contributed by atoms with E-state index in [1.165, 1.54) is 11.1 Å². The number of esters is 1. The van der Waals surface area contributed by atoms with Gasteiger partial charge in [-0.3, -0.25) is 4.79 Å². The Morgan fingerprint density at radius 1 is 1.33 bits per heavy atom. The summed E-state index contributed by atoms with van der Waals surface area (Å²) in [5, 5.41) is 0. The molecule has 1 aromatic carbocycles. The lowest BCUT2D eigenvalue weighted by molar-refractivity contribution is -0.148. The summed E-state index contributed by atoms with van der Waals surface area (Å²) in [5.74, 6) is -0.234. The molecule has 0 aliphatic carbocycles. The number of rotatable bonds is 3. The van der Waals surface area contributed by atoms with Crippen molar-refractivity contribution < 1.29 is 9.53 Å². The maximum absolute atomic E-state index is 11.6. The highest BCUT2D eigenvalue weighted by Gasteiger charge is 2.10. The molecule has 0 N–H and O–H groups in total. The summed E-state index contributed by atoms with van der Waals surface area (Å²) in [6.07, 6.45) is 1.60. The average Bonchev–Trinajstić information content (AvgIpc) is 2.61. The normalized spacial score (nSPS) is 11.2. The van der Waals surface area contributed by atoms with E-state index in [-0.39, 0.29) is 18.6 Å². The van der Waals surface area contributed by atoms with Crippen molar-refractivity contribution >= 4 is 17.0 Å². The number of aryl methyl sites for hydroxylation is 2. The molecular formula is C14H18N2O2. The van der Waals surface area contributed by atoms with Crippen LogP contribution in [0.25, 0.3) is 11.0 Å². The van der Waals surface area contributed by atoms with E-state index in [0.717, 1.165) is 11.0 Å². The summed E-state index contributed by atoms with van der Waals surface area (Å²) in [6, 6.07) is 4.09. The fourth-order valence-corrected chi connectivity index (χ4v) is 1.88. The summed E-state index contributed by atoms with van der Waals surface area (Å²) in [7, 11) is 0. The van der Waals surface area contributed by atoms with Crippen LogP contribution in [-0.4, -0.2) is 21.6 Å². The molecule has 1 heterocycles. The van der Waals surface area contributed by atoms with Crippen LogP contribution in [-0.2, 0) is 16.1 Å². The van der Waals surface area contributed by atoms with Gasteiger partial charge in [0.1, 0.15) is 6.54 Å². The van der Waals surface area contributed by atoms with Crippen LogP contribution in [0.15, 0.2) is 18.5 Å². The molecule has 0 fully saturated rings. The molecule has 0 radical (unpaired) electrons. The zero-order valence-corrected chi connectivity index (χ0v) is 11.2. The summed E-state index contributed by atoms with van der Waals surface area (Å²) in [6.45, 7) is 8.01. The van der Waals surface area contributed by atoms with E-state index >= 15 is 0 Å². The highest BCUT2D eigenvalue weighted by atomic mass is 16.5. The maximum Gasteiger partial charge on any atom is 0.326 e. The first-order chi connectivity index (χ1) is 8.47. The van der Waals surface area contributed by atoms with Crippen molar-refractivity contribution in [2.75, 3.05) is 0 Å². The molecule has 0 aliphatic heterocycles. The van der Waals surface area contributed by atoms with Gasteiger partial charge in [-0.15, -0.1) is 0 Å². The van der Waals surface area contributed by atoms with Gasteiger partial charge in [0.25, 0.3) is 0 Å². The lowest BCUT2D eigenvalue weighted by Crippen LogP contribution is -2.17. The molecule has 0 amide bonds. The topological polar surface area (TPSA) is 44.1 Å². The second-order valence-corrected chi connectivity index (χ2v) is 4.84. The first kappa shape index (κ1) is 12.6. The molecule has 96 valence electrons. The van der Waals surface area contributed by atoms with Crippen LogP contribution >= 0.6 is 0 Å². The smallest absolute Gasteiger partial charge is 0.326 e. The molecule has 0 spiro atoms. The third-order valence-electron chi connectivity index (χ3n) is 2.90. The molecule has 0 atom stereocenters. The van der Waals surface area contributed by atoms with Gasteiger partial charge in [0.2, 0.25) is 0 Å². The third kappa shape index (κ3) is 2.53. The first-order valence-electron chi connectivity index (χ1n) is 6.09. The first-order valence-corrected chi connectivity index (χ1v) is 6.09. The van der Waals surface area contributed by atoms with Crippen LogP contribution < -0.4 is 0 Å². The van der Waals surface area contributed by atoms with Gasteiger partial charge in [-0.25, -0.2) is 4.98 Å². The molecule has 0 aliphatic rings. The van der Waals surface area contributed by atoms with Gasteiger partial charge in [-0.1, -0.05) is 0 Å². The standard InChI is InChI=1S/C14H18N2O2/c1-9(2)18-14(17)7-16-8-15-12-5-10(3)11(4)6-13(12)16/h5-6,8-9H,7H2,1-4H3. The number of carbonyl (C=O) groups excluding carboxylic acids is 1. The molecule has 18 heavy (non-hydrogen) atoms. The van der Waals surface area contributed by atoms with E-state index in [1.807, 2.05) is 24.5 Å². The second-order valence-electron chi connectivity index (χ2n) is 4.84. The molecule has 0 bridgehead atoms. The zero-order chi connectivity index (χ0) is 13.3. The van der Waals surface area contributed by atoms with Crippen LogP contribution in [0.1, 0.15) is 25.0 Å². The van der Waals surface area contributed by atoms with Crippen LogP contribution in [0.3, 0.4) is 0 Å². The molecule has 2 rings (SSSR count). The van der Waals surface area contributed by atoms with Crippen LogP contribution in [0.4, 0.5) is 0 Å². The predicted molar refractivity (Wildman–Crippen MR) is 70.4 cm³/mol. The predicted octanol–water partition coefficient (Wildman–Crippen LogP) is 2.60. The van der Waals surface area contributed by atoms with Gasteiger partial charge >= 0.3 is 5.97 Å². The molecular weight excluding hydrogens is 228 g/mol. The molecule has 1 aromatic heterocycles. The van der Waals surface area contributed by atoms with Crippen LogP contribution in [0.2, 0.25) is 0 Å². The van der Waals surface area contributed by atoms with Gasteiger partial charge in [0.15, 0.2) is 0 Å². The largest absolute Gasteiger partial charge is 0.462 e. The zero-order valence-electron chi connectivity index (χ0n) is 11.2. The minimum Gasteiger partial charge on any atom is -0.462 e. The van der Waals surface area contributed by atoms with Crippen molar-refractivity contribution in [2.45, 2.75) is 40.3 Å². The van der Waals surface area contributed by atoms with Crippen molar-refractivity contribution in [3.05, 3.63) is 29.6 Å². The van der Waals surface area contributed by atoms with E-state index < -0.39 is 0 Å². The second kappa shape index (κ2) is 4.80. The molecule has 4 nitrogen and oxygen atoms in total. The van der Waals surface area contributed by atoms with E-state index in [0.29, 0.717) is 0 Å². The Labute approximate surface area is 107 Å². The monoisotopic (exact) mass is 246 g/mol. The fraction of sp³-hybridized carbons (Fsp3) is 0.429. The molecule has 0 unspecified atom stereocenters. The number of aromatic nitrogens is 2. The molecule has 2 aromatic rings. The Balaban J connectivity index is 2.29. The van der Waals surface area contributed by atoms with Gasteiger partial charge < -0.3 is 9.30 Å². The Bertz CT molecular complexity index is 585. The quantitative estimate of drug-likeness (QED) is 0.782. The molecule has 0 saturated carbocycles. The van der Waals surface area contributed by atoms with Gasteiger partial charge in [-0.05, 0) is 51.0 Å². The fourth-order valence-electron chi connectivity index (χ4n) is 1.88. The Hall–Kier alpha value is -1.84. The number of fused-ring (bicyclic) bond motifs is 1. The molecule has 4 heteroatoms. The number of benzene rings is 1. The Kier molecular flexibility index (Phi) is 3.36. The number of nitrogens with zero attached hydrogens (tertiary/aromatic N) is 2. The van der Waals surface area contributed by atoms with Crippen molar-refractivity contribution in [2.24, 2.45) is 0 Å². The molecule has 0 saturated heterocycles. The van der Waals surface area contributed by atoms with Crippen molar-refractivity contribution in [3.63, 3.8) is 0 Å². The minimum atomic E-state index is -0.234. The van der Waals surface area contributed by atoms with Crippen molar-refractivity contribution in [3.8, 4) is 0 Å². The van der Waals surface area contributed by atoms with E-state index in [9.17, 15) is 4.79 Å². The van der Waals surface area contributed by atoms with Gasteiger partial charge in [-0.2, -0.15) is 0 Å². The summed E-state index contributed by atoms with van der Waals surface area (Å²) >= 11 is 0. The van der Waals surface area contributed by atoms with E-state index in [4.69, 9.17) is 4.74 Å². The lowest BCUT2D eigenvalue weighted by Gasteiger charge is -2.09. The number of hydrogen-bond donors (Lipinski definition) is 0. The minimum absolute atomic E-state index is 0.0868. The maximum atomic E-state index is 11.6. The number of imidazole rings is 1. The summed E-state index contributed by atoms with van der Waals surface area (Å²) in [4.78, 5) is 16.0. The third-order valence-corrected chi connectivity index (χ3v) is 2.90. The number of ether oxygens (including phenoxy) is 1. The number of hydrogen-bond acceptors (Lipinski definition) is 3. The van der Waals surface area contributed by atoms with E-state index in [1.54, 1.807) is 6.33 Å². The lowest BCUT2D eigenvalue weighted by atomic mass is 10.1. The summed E-state index contributed by atoms with van der Waals surface area (Å²) in [5.41, 5.74) is 4.29. The average molecular weight is 246 g/mol. The van der Waals surface area contributed by atoms with Crippen LogP contribution in [0, 0.1) is 13.8 Å². The SMILES string of the molecule is Cc1cc2ncn(CC(=O)OC(C)C)c2cc1C.